The van der Waals surface area contributed by atoms with E-state index in [-0.39, 0.29) is 17.4 Å². The van der Waals surface area contributed by atoms with E-state index in [4.69, 9.17) is 0 Å². The molecule has 1 fully saturated rings. The molecule has 1 saturated heterocycles. The summed E-state index contributed by atoms with van der Waals surface area (Å²) in [6, 6.07) is 1.89. The Morgan fingerprint density at radius 3 is 2.95 bits per heavy atom. The molecule has 2 aromatic heterocycles. The number of hydrogen-bond acceptors (Lipinski definition) is 4. The number of H-pyrrole nitrogens is 3. The number of hydrogen-bond donors (Lipinski definition) is 3. The van der Waals surface area contributed by atoms with Crippen molar-refractivity contribution in [2.24, 2.45) is 0 Å². The standard InChI is InChI=1S/C13H15N5O3/c19-11-9(6-14-13(21)16-11)12(20)18-5-1-2-8(7-18)10-3-4-15-17-10/h3-4,6,8H,1-2,5,7H2,(H,15,17)(H2,14,16,19,21)/t8-/m1/s1. The maximum atomic E-state index is 12.4. The van der Waals surface area contributed by atoms with Crippen LogP contribution in [0.25, 0.3) is 0 Å². The Morgan fingerprint density at radius 1 is 1.38 bits per heavy atom. The molecule has 110 valence electrons. The summed E-state index contributed by atoms with van der Waals surface area (Å²) in [5.74, 6) is -0.177. The number of amides is 1. The topological polar surface area (TPSA) is 115 Å². The third kappa shape index (κ3) is 2.64. The summed E-state index contributed by atoms with van der Waals surface area (Å²) < 4.78 is 0. The summed E-state index contributed by atoms with van der Waals surface area (Å²) in [6.07, 6.45) is 4.68. The molecule has 1 aliphatic heterocycles. The molecule has 21 heavy (non-hydrogen) atoms. The summed E-state index contributed by atoms with van der Waals surface area (Å²) in [5.41, 5.74) is -0.333. The molecule has 8 heteroatoms. The molecule has 0 saturated carbocycles. The van der Waals surface area contributed by atoms with Gasteiger partial charge in [-0.3, -0.25) is 19.7 Å². The minimum absolute atomic E-state index is 0.0418. The van der Waals surface area contributed by atoms with Crippen molar-refractivity contribution in [1.29, 1.82) is 0 Å². The number of nitrogens with zero attached hydrogens (tertiary/aromatic N) is 2. The first-order chi connectivity index (χ1) is 10.1. The normalized spacial score (nSPS) is 18.7. The number of likely N-dealkylation sites (tertiary alicyclic amines) is 1. The van der Waals surface area contributed by atoms with E-state index in [0.717, 1.165) is 18.5 Å². The van der Waals surface area contributed by atoms with Crippen LogP contribution in [-0.4, -0.2) is 44.1 Å². The van der Waals surface area contributed by atoms with Gasteiger partial charge >= 0.3 is 5.69 Å². The Morgan fingerprint density at radius 2 is 2.24 bits per heavy atom. The Hall–Kier alpha value is -2.64. The van der Waals surface area contributed by atoms with Crippen LogP contribution >= 0.6 is 0 Å². The lowest BCUT2D eigenvalue weighted by Crippen LogP contribution is -2.42. The van der Waals surface area contributed by atoms with Crippen LogP contribution in [0.4, 0.5) is 0 Å². The number of piperidine rings is 1. The molecular weight excluding hydrogens is 274 g/mol. The molecule has 0 radical (unpaired) electrons. The van der Waals surface area contributed by atoms with Crippen molar-refractivity contribution < 1.29 is 4.79 Å². The van der Waals surface area contributed by atoms with Crippen molar-refractivity contribution in [3.05, 3.63) is 50.6 Å². The molecular formula is C13H15N5O3. The van der Waals surface area contributed by atoms with Gasteiger partial charge in [0.15, 0.2) is 0 Å². The predicted octanol–water partition coefficient (Wildman–Crippen LogP) is -0.194. The number of rotatable bonds is 2. The van der Waals surface area contributed by atoms with Crippen LogP contribution in [0.1, 0.15) is 34.8 Å². The first-order valence-corrected chi connectivity index (χ1v) is 6.75. The fourth-order valence-electron chi connectivity index (χ4n) is 2.65. The molecule has 3 rings (SSSR count). The van der Waals surface area contributed by atoms with E-state index in [1.165, 1.54) is 6.20 Å². The smallest absolute Gasteiger partial charge is 0.325 e. The van der Waals surface area contributed by atoms with Crippen molar-refractivity contribution in [1.82, 2.24) is 25.1 Å². The Kier molecular flexibility index (Phi) is 3.43. The quantitative estimate of drug-likeness (QED) is 0.710. The number of carbonyl (C=O) groups is 1. The van der Waals surface area contributed by atoms with Crippen LogP contribution in [0.15, 0.2) is 28.0 Å². The minimum Gasteiger partial charge on any atom is -0.338 e. The summed E-state index contributed by atoms with van der Waals surface area (Å²) >= 11 is 0. The summed E-state index contributed by atoms with van der Waals surface area (Å²) in [5, 5.41) is 6.85. The Bertz CT molecular complexity index is 746. The van der Waals surface area contributed by atoms with E-state index in [0.29, 0.717) is 13.1 Å². The first-order valence-electron chi connectivity index (χ1n) is 6.75. The molecule has 3 heterocycles. The van der Waals surface area contributed by atoms with E-state index < -0.39 is 11.2 Å². The van der Waals surface area contributed by atoms with Gasteiger partial charge in [-0.2, -0.15) is 5.10 Å². The van der Waals surface area contributed by atoms with Crippen molar-refractivity contribution in [3.8, 4) is 0 Å². The largest absolute Gasteiger partial charge is 0.338 e. The third-order valence-electron chi connectivity index (χ3n) is 3.72. The summed E-state index contributed by atoms with van der Waals surface area (Å²) in [4.78, 5) is 41.1. The summed E-state index contributed by atoms with van der Waals surface area (Å²) in [7, 11) is 0. The van der Waals surface area contributed by atoms with Crippen LogP contribution in [0.3, 0.4) is 0 Å². The summed E-state index contributed by atoms with van der Waals surface area (Å²) in [6.45, 7) is 1.13. The predicted molar refractivity (Wildman–Crippen MR) is 74.1 cm³/mol. The van der Waals surface area contributed by atoms with Crippen molar-refractivity contribution >= 4 is 5.91 Å². The zero-order valence-electron chi connectivity index (χ0n) is 11.3. The highest BCUT2D eigenvalue weighted by Gasteiger charge is 2.27. The number of nitrogens with one attached hydrogen (secondary N) is 3. The van der Waals surface area contributed by atoms with Crippen LogP contribution < -0.4 is 11.2 Å². The number of aromatic nitrogens is 4. The Balaban J connectivity index is 1.81. The average molecular weight is 289 g/mol. The molecule has 0 aliphatic carbocycles. The van der Waals surface area contributed by atoms with Crippen LogP contribution in [0.5, 0.6) is 0 Å². The average Bonchev–Trinajstić information content (AvgIpc) is 3.01. The second-order valence-corrected chi connectivity index (χ2v) is 5.09. The van der Waals surface area contributed by atoms with Gasteiger partial charge in [0.2, 0.25) is 0 Å². The molecule has 8 nitrogen and oxygen atoms in total. The van der Waals surface area contributed by atoms with Gasteiger partial charge in [-0.05, 0) is 18.9 Å². The van der Waals surface area contributed by atoms with Crippen LogP contribution in [-0.2, 0) is 0 Å². The molecule has 0 spiro atoms. The van der Waals surface area contributed by atoms with Gasteiger partial charge in [0, 0.05) is 37.1 Å². The molecule has 1 aliphatic rings. The SMILES string of the molecule is O=C(c1c[nH]c(=O)[nH]c1=O)N1CCC[C@@H](c2ccn[nH]2)C1. The van der Waals surface area contributed by atoms with E-state index in [2.05, 4.69) is 20.2 Å². The molecule has 3 N–H and O–H groups in total. The van der Waals surface area contributed by atoms with Gasteiger partial charge in [-0.25, -0.2) is 4.79 Å². The third-order valence-corrected chi connectivity index (χ3v) is 3.72. The van der Waals surface area contributed by atoms with Gasteiger partial charge < -0.3 is 9.88 Å². The minimum atomic E-state index is -0.660. The van der Waals surface area contributed by atoms with Gasteiger partial charge in [-0.15, -0.1) is 0 Å². The highest BCUT2D eigenvalue weighted by molar-refractivity contribution is 5.93. The van der Waals surface area contributed by atoms with Crippen molar-refractivity contribution in [2.45, 2.75) is 18.8 Å². The number of aromatic amines is 3. The van der Waals surface area contributed by atoms with E-state index in [9.17, 15) is 14.4 Å². The first kappa shape index (κ1) is 13.3. The molecule has 2 aromatic rings. The lowest BCUT2D eigenvalue weighted by Gasteiger charge is -2.32. The molecule has 1 atom stereocenters. The number of carbonyl (C=O) groups excluding carboxylic acids is 1. The second kappa shape index (κ2) is 5.39. The van der Waals surface area contributed by atoms with Gasteiger partial charge in [0.05, 0.1) is 0 Å². The molecule has 0 unspecified atom stereocenters. The fraction of sp³-hybridized carbons (Fsp3) is 0.385. The van der Waals surface area contributed by atoms with Gasteiger partial charge in [0.1, 0.15) is 5.56 Å². The van der Waals surface area contributed by atoms with Crippen LogP contribution in [0, 0.1) is 0 Å². The lowest BCUT2D eigenvalue weighted by atomic mass is 9.94. The zero-order valence-corrected chi connectivity index (χ0v) is 11.3. The van der Waals surface area contributed by atoms with Gasteiger partial charge in [-0.1, -0.05) is 0 Å². The molecule has 1 amide bonds. The highest BCUT2D eigenvalue weighted by atomic mass is 16.2. The van der Waals surface area contributed by atoms with Crippen molar-refractivity contribution in [3.63, 3.8) is 0 Å². The van der Waals surface area contributed by atoms with Crippen LogP contribution in [0.2, 0.25) is 0 Å². The monoisotopic (exact) mass is 289 g/mol. The maximum absolute atomic E-state index is 12.4. The van der Waals surface area contributed by atoms with E-state index in [1.807, 2.05) is 6.07 Å². The second-order valence-electron chi connectivity index (χ2n) is 5.09. The molecule has 0 aromatic carbocycles. The maximum Gasteiger partial charge on any atom is 0.325 e. The lowest BCUT2D eigenvalue weighted by molar-refractivity contribution is 0.0703. The van der Waals surface area contributed by atoms with E-state index in [1.54, 1.807) is 11.1 Å². The Labute approximate surface area is 119 Å². The fourth-order valence-corrected chi connectivity index (χ4v) is 2.65. The highest BCUT2D eigenvalue weighted by Crippen LogP contribution is 2.25. The van der Waals surface area contributed by atoms with E-state index >= 15 is 0 Å². The zero-order chi connectivity index (χ0) is 14.8. The molecule has 0 bridgehead atoms. The van der Waals surface area contributed by atoms with Gasteiger partial charge in [0.25, 0.3) is 11.5 Å². The van der Waals surface area contributed by atoms with Crippen molar-refractivity contribution in [2.75, 3.05) is 13.1 Å².